The first-order valence-corrected chi connectivity index (χ1v) is 5.80. The highest BCUT2D eigenvalue weighted by atomic mass is 19.4. The third-order valence-corrected chi connectivity index (χ3v) is 3.00. The van der Waals surface area contributed by atoms with Crippen molar-refractivity contribution in [2.24, 2.45) is 17.8 Å². The SMILES string of the molecule is CN=C1Oc2c(c(C(F)(F)F)nn2C)CC1=C(N)C(F)(F)F. The van der Waals surface area contributed by atoms with Crippen LogP contribution in [-0.2, 0) is 19.6 Å². The average molecular weight is 328 g/mol. The lowest BCUT2D eigenvalue weighted by Gasteiger charge is -2.22. The van der Waals surface area contributed by atoms with Crippen molar-refractivity contribution in [1.82, 2.24) is 9.78 Å². The largest absolute Gasteiger partial charge is 0.435 e. The molecule has 2 heterocycles. The molecule has 2 rings (SSSR count). The Kier molecular flexibility index (Phi) is 3.62. The van der Waals surface area contributed by atoms with Gasteiger partial charge in [0.15, 0.2) is 5.69 Å². The van der Waals surface area contributed by atoms with Crippen LogP contribution in [0, 0.1) is 0 Å². The Morgan fingerprint density at radius 2 is 1.86 bits per heavy atom. The van der Waals surface area contributed by atoms with Crippen LogP contribution in [-0.4, -0.2) is 28.9 Å². The van der Waals surface area contributed by atoms with E-state index in [1.54, 1.807) is 0 Å². The molecule has 122 valence electrons. The van der Waals surface area contributed by atoms with Gasteiger partial charge in [-0.05, 0) is 0 Å². The van der Waals surface area contributed by atoms with E-state index in [-0.39, 0.29) is 5.88 Å². The molecular formula is C11H10F6N4O. The number of alkyl halides is 6. The number of ether oxygens (including phenoxy) is 1. The Morgan fingerprint density at radius 1 is 1.27 bits per heavy atom. The van der Waals surface area contributed by atoms with E-state index in [0.717, 1.165) is 11.7 Å². The molecule has 1 aliphatic heterocycles. The molecule has 1 aromatic heterocycles. The lowest BCUT2D eigenvalue weighted by molar-refractivity contribution is -0.142. The third-order valence-electron chi connectivity index (χ3n) is 3.00. The maximum Gasteiger partial charge on any atom is 0.435 e. The zero-order valence-corrected chi connectivity index (χ0v) is 11.3. The van der Waals surface area contributed by atoms with Crippen LogP contribution in [0.4, 0.5) is 26.3 Å². The van der Waals surface area contributed by atoms with Crippen molar-refractivity contribution < 1.29 is 31.1 Å². The minimum atomic E-state index is -4.91. The summed E-state index contributed by atoms with van der Waals surface area (Å²) < 4.78 is 82.7. The number of fused-ring (bicyclic) bond motifs is 1. The number of nitrogens with zero attached hydrogens (tertiary/aromatic N) is 3. The molecule has 0 aromatic carbocycles. The van der Waals surface area contributed by atoms with Crippen LogP contribution in [0.5, 0.6) is 5.88 Å². The molecule has 0 fully saturated rings. The first-order valence-electron chi connectivity index (χ1n) is 5.80. The van der Waals surface area contributed by atoms with Crippen LogP contribution < -0.4 is 10.5 Å². The van der Waals surface area contributed by atoms with E-state index in [1.165, 1.54) is 7.05 Å². The molecule has 0 unspecified atom stereocenters. The number of rotatable bonds is 0. The smallest absolute Gasteiger partial charge is 0.421 e. The Hall–Kier alpha value is -2.20. The van der Waals surface area contributed by atoms with Crippen molar-refractivity contribution in [3.8, 4) is 5.88 Å². The van der Waals surface area contributed by atoms with E-state index in [4.69, 9.17) is 10.5 Å². The van der Waals surface area contributed by atoms with E-state index < -0.39 is 47.2 Å². The summed E-state index contributed by atoms with van der Waals surface area (Å²) in [5, 5.41) is 3.26. The highest BCUT2D eigenvalue weighted by Gasteiger charge is 2.44. The maximum absolute atomic E-state index is 12.9. The minimum Gasteiger partial charge on any atom is -0.421 e. The average Bonchev–Trinajstić information content (AvgIpc) is 2.72. The van der Waals surface area contributed by atoms with Gasteiger partial charge < -0.3 is 10.5 Å². The highest BCUT2D eigenvalue weighted by molar-refractivity contribution is 5.98. The fourth-order valence-corrected chi connectivity index (χ4v) is 2.03. The summed E-state index contributed by atoms with van der Waals surface area (Å²) in [4.78, 5) is 3.51. The Morgan fingerprint density at radius 3 is 2.32 bits per heavy atom. The van der Waals surface area contributed by atoms with Crippen molar-refractivity contribution in [2.45, 2.75) is 18.8 Å². The van der Waals surface area contributed by atoms with Crippen LogP contribution in [0.2, 0.25) is 0 Å². The van der Waals surface area contributed by atoms with Crippen molar-refractivity contribution in [1.29, 1.82) is 0 Å². The summed E-state index contributed by atoms with van der Waals surface area (Å²) in [5.41, 5.74) is 0.980. The minimum absolute atomic E-state index is 0.313. The normalized spacial score (nSPS) is 19.9. The highest BCUT2D eigenvalue weighted by Crippen LogP contribution is 2.40. The predicted octanol–water partition coefficient (Wildman–Crippen LogP) is 2.18. The molecule has 0 atom stereocenters. The van der Waals surface area contributed by atoms with Gasteiger partial charge in [-0.1, -0.05) is 0 Å². The fraction of sp³-hybridized carbons (Fsp3) is 0.455. The standard InChI is InChI=1S/C11H10F6N4O/c1-19-8-4(6(18)10(12,13)14)3-5-7(11(15,16)17)20-21(2)9(5)22-8/h3,18H2,1-2H3. The molecule has 0 saturated heterocycles. The van der Waals surface area contributed by atoms with Gasteiger partial charge in [-0.15, -0.1) is 0 Å². The zero-order chi connectivity index (χ0) is 16.9. The first kappa shape index (κ1) is 16.2. The summed E-state index contributed by atoms with van der Waals surface area (Å²) in [6, 6.07) is 0. The maximum atomic E-state index is 12.9. The van der Waals surface area contributed by atoms with Gasteiger partial charge in [0, 0.05) is 26.1 Å². The van der Waals surface area contributed by atoms with E-state index in [0.29, 0.717) is 0 Å². The van der Waals surface area contributed by atoms with Crippen LogP contribution >= 0.6 is 0 Å². The molecule has 2 N–H and O–H groups in total. The predicted molar refractivity (Wildman–Crippen MR) is 63.2 cm³/mol. The van der Waals surface area contributed by atoms with Crippen LogP contribution in [0.25, 0.3) is 0 Å². The molecular weight excluding hydrogens is 318 g/mol. The molecule has 0 spiro atoms. The Balaban J connectivity index is 2.65. The van der Waals surface area contributed by atoms with E-state index in [1.807, 2.05) is 0 Å². The Bertz CT molecular complexity index is 667. The van der Waals surface area contributed by atoms with Crippen LogP contribution in [0.3, 0.4) is 0 Å². The van der Waals surface area contributed by atoms with E-state index >= 15 is 0 Å². The second-order valence-electron chi connectivity index (χ2n) is 4.45. The van der Waals surface area contributed by atoms with Gasteiger partial charge in [0.25, 0.3) is 0 Å². The lowest BCUT2D eigenvalue weighted by Crippen LogP contribution is -2.30. The van der Waals surface area contributed by atoms with Gasteiger partial charge in [0.1, 0.15) is 5.70 Å². The molecule has 0 amide bonds. The topological polar surface area (TPSA) is 65.4 Å². The van der Waals surface area contributed by atoms with E-state index in [9.17, 15) is 26.3 Å². The molecule has 11 heteroatoms. The lowest BCUT2D eigenvalue weighted by atomic mass is 10.00. The van der Waals surface area contributed by atoms with Gasteiger partial charge in [-0.25, -0.2) is 4.68 Å². The van der Waals surface area contributed by atoms with Crippen molar-refractivity contribution >= 4 is 5.90 Å². The molecule has 0 radical (unpaired) electrons. The summed E-state index contributed by atoms with van der Waals surface area (Å²) in [6.07, 6.45) is -10.5. The van der Waals surface area contributed by atoms with Gasteiger partial charge >= 0.3 is 12.4 Å². The Labute approximate surface area is 120 Å². The van der Waals surface area contributed by atoms with E-state index in [2.05, 4.69) is 10.1 Å². The molecule has 1 aromatic rings. The monoisotopic (exact) mass is 328 g/mol. The summed E-state index contributed by atoms with van der Waals surface area (Å²) >= 11 is 0. The van der Waals surface area contributed by atoms with Crippen molar-refractivity contribution in [3.05, 3.63) is 22.5 Å². The first-order chi connectivity index (χ1) is 9.96. The second-order valence-corrected chi connectivity index (χ2v) is 4.45. The number of hydrogen-bond donors (Lipinski definition) is 1. The summed E-state index contributed by atoms with van der Waals surface area (Å²) in [5.74, 6) is -0.800. The number of aromatic nitrogens is 2. The quantitative estimate of drug-likeness (QED) is 0.743. The van der Waals surface area contributed by atoms with Crippen LogP contribution in [0.15, 0.2) is 16.3 Å². The molecule has 1 aliphatic rings. The molecule has 5 nitrogen and oxygen atoms in total. The summed E-state index contributed by atoms with van der Waals surface area (Å²) in [6.45, 7) is 0. The van der Waals surface area contributed by atoms with Gasteiger partial charge in [0.05, 0.1) is 5.56 Å². The number of aliphatic imine (C=N–C) groups is 1. The number of allylic oxidation sites excluding steroid dienone is 1. The molecule has 0 saturated carbocycles. The summed E-state index contributed by atoms with van der Waals surface area (Å²) in [7, 11) is 2.33. The molecule has 0 aliphatic carbocycles. The molecule has 22 heavy (non-hydrogen) atoms. The number of halogens is 6. The van der Waals surface area contributed by atoms with Crippen LogP contribution in [0.1, 0.15) is 11.3 Å². The number of nitrogens with two attached hydrogens (primary N) is 1. The number of aryl methyl sites for hydroxylation is 1. The van der Waals surface area contributed by atoms with Gasteiger partial charge in [0.2, 0.25) is 11.8 Å². The van der Waals surface area contributed by atoms with Crippen molar-refractivity contribution in [2.75, 3.05) is 7.05 Å². The molecule has 0 bridgehead atoms. The van der Waals surface area contributed by atoms with Crippen molar-refractivity contribution in [3.63, 3.8) is 0 Å². The van der Waals surface area contributed by atoms with Gasteiger partial charge in [-0.2, -0.15) is 31.4 Å². The zero-order valence-electron chi connectivity index (χ0n) is 11.3. The second kappa shape index (κ2) is 4.92. The number of hydrogen-bond acceptors (Lipinski definition) is 4. The fourth-order valence-electron chi connectivity index (χ4n) is 2.03. The van der Waals surface area contributed by atoms with Gasteiger partial charge in [-0.3, -0.25) is 4.99 Å². The third kappa shape index (κ3) is 2.62.